The maximum absolute atomic E-state index is 13.0. The largest absolute Gasteiger partial charge is 0.462 e. The van der Waals surface area contributed by atoms with E-state index < -0.39 is 12.0 Å². The normalized spacial score (nSPS) is 20.0. The number of piperazine rings is 1. The Balaban J connectivity index is 1.41. The second kappa shape index (κ2) is 8.58. The summed E-state index contributed by atoms with van der Waals surface area (Å²) in [5, 5.41) is 0. The molecule has 2 aromatic rings. The number of aromatic nitrogens is 2. The summed E-state index contributed by atoms with van der Waals surface area (Å²) in [7, 11) is 0. The molecule has 0 bridgehead atoms. The highest BCUT2D eigenvalue weighted by Gasteiger charge is 2.43. The van der Waals surface area contributed by atoms with Gasteiger partial charge in [0.25, 0.3) is 5.91 Å². The van der Waals surface area contributed by atoms with Crippen LogP contribution in [0.5, 0.6) is 0 Å². The van der Waals surface area contributed by atoms with Crippen LogP contribution < -0.4 is 9.80 Å². The van der Waals surface area contributed by atoms with Crippen LogP contribution in [0, 0.1) is 0 Å². The third-order valence-electron chi connectivity index (χ3n) is 5.35. The van der Waals surface area contributed by atoms with Crippen LogP contribution >= 0.6 is 0 Å². The molecule has 2 aliphatic heterocycles. The van der Waals surface area contributed by atoms with Crippen LogP contribution in [-0.4, -0.2) is 71.5 Å². The van der Waals surface area contributed by atoms with Crippen LogP contribution in [0.3, 0.4) is 0 Å². The first-order chi connectivity index (χ1) is 14.6. The van der Waals surface area contributed by atoms with E-state index in [0.29, 0.717) is 43.4 Å². The topological polar surface area (TPSA) is 95.9 Å². The summed E-state index contributed by atoms with van der Waals surface area (Å²) in [6.45, 7) is 4.71. The molecule has 2 aliphatic rings. The molecule has 2 fully saturated rings. The molecule has 1 aromatic carbocycles. The Bertz CT molecular complexity index is 926. The third-order valence-corrected chi connectivity index (χ3v) is 5.35. The van der Waals surface area contributed by atoms with Crippen LogP contribution in [0.15, 0.2) is 42.7 Å². The number of esters is 1. The van der Waals surface area contributed by atoms with Gasteiger partial charge in [0, 0.05) is 38.6 Å². The van der Waals surface area contributed by atoms with Crippen molar-refractivity contribution < 1.29 is 19.1 Å². The summed E-state index contributed by atoms with van der Waals surface area (Å²) in [6.07, 6.45) is 3.57. The molecule has 156 valence electrons. The van der Waals surface area contributed by atoms with Gasteiger partial charge in [0.2, 0.25) is 11.9 Å². The van der Waals surface area contributed by atoms with E-state index in [-0.39, 0.29) is 24.8 Å². The minimum atomic E-state index is -0.471. The van der Waals surface area contributed by atoms with E-state index >= 15 is 0 Å². The smallest absolute Gasteiger partial charge is 0.338 e. The van der Waals surface area contributed by atoms with Crippen molar-refractivity contribution in [1.82, 2.24) is 14.9 Å². The number of hydrogen-bond acceptors (Lipinski definition) is 8. The second-order valence-electron chi connectivity index (χ2n) is 7.13. The number of rotatable bonds is 5. The zero-order valence-electron chi connectivity index (χ0n) is 16.7. The molecule has 0 saturated carbocycles. The SMILES string of the molecule is CCOC(=O)c1ccc(N2C(=O)C[C@H](N3CCN(c4ncccn4)CC3)C2=O)cc1. The van der Waals surface area contributed by atoms with Gasteiger partial charge in [-0.3, -0.25) is 14.5 Å². The maximum Gasteiger partial charge on any atom is 0.338 e. The van der Waals surface area contributed by atoms with Gasteiger partial charge in [0.05, 0.1) is 30.3 Å². The standard InChI is InChI=1S/C21H23N5O4/c1-2-30-20(29)15-4-6-16(7-5-15)26-18(27)14-17(19(26)28)24-10-12-25(13-11-24)21-22-8-3-9-23-21/h3-9,17H,2,10-14H2,1H3/t17-/m0/s1. The van der Waals surface area contributed by atoms with E-state index in [0.717, 1.165) is 0 Å². The van der Waals surface area contributed by atoms with Crippen molar-refractivity contribution in [3.63, 3.8) is 0 Å². The molecule has 0 unspecified atom stereocenters. The predicted molar refractivity (Wildman–Crippen MR) is 109 cm³/mol. The van der Waals surface area contributed by atoms with Gasteiger partial charge in [0.1, 0.15) is 0 Å². The zero-order chi connectivity index (χ0) is 21.1. The van der Waals surface area contributed by atoms with E-state index in [1.54, 1.807) is 49.6 Å². The number of ether oxygens (including phenoxy) is 1. The summed E-state index contributed by atoms with van der Waals surface area (Å²) in [5.41, 5.74) is 0.854. The van der Waals surface area contributed by atoms with Gasteiger partial charge in [-0.05, 0) is 37.3 Å². The number of nitrogens with zero attached hydrogens (tertiary/aromatic N) is 5. The number of hydrogen-bond donors (Lipinski definition) is 0. The molecular formula is C21H23N5O4. The predicted octanol–water partition coefficient (Wildman–Crippen LogP) is 1.11. The van der Waals surface area contributed by atoms with E-state index in [4.69, 9.17) is 4.74 Å². The van der Waals surface area contributed by atoms with Gasteiger partial charge < -0.3 is 9.64 Å². The highest BCUT2D eigenvalue weighted by molar-refractivity contribution is 6.22. The minimum absolute atomic E-state index is 0.153. The molecule has 4 rings (SSSR count). The van der Waals surface area contributed by atoms with Gasteiger partial charge in [-0.25, -0.2) is 19.7 Å². The highest BCUT2D eigenvalue weighted by atomic mass is 16.5. The van der Waals surface area contributed by atoms with Gasteiger partial charge in [-0.15, -0.1) is 0 Å². The number of carbonyl (C=O) groups is 3. The van der Waals surface area contributed by atoms with E-state index in [9.17, 15) is 14.4 Å². The molecule has 0 N–H and O–H groups in total. The Morgan fingerprint density at radius 3 is 2.37 bits per heavy atom. The van der Waals surface area contributed by atoms with Gasteiger partial charge in [-0.2, -0.15) is 0 Å². The van der Waals surface area contributed by atoms with E-state index in [1.807, 2.05) is 4.90 Å². The molecule has 0 spiro atoms. The van der Waals surface area contributed by atoms with Crippen molar-refractivity contribution in [2.24, 2.45) is 0 Å². The molecular weight excluding hydrogens is 386 g/mol. The Morgan fingerprint density at radius 2 is 1.73 bits per heavy atom. The molecule has 0 radical (unpaired) electrons. The highest BCUT2D eigenvalue weighted by Crippen LogP contribution is 2.27. The lowest BCUT2D eigenvalue weighted by Gasteiger charge is -2.36. The third kappa shape index (κ3) is 3.88. The lowest BCUT2D eigenvalue weighted by atomic mass is 10.1. The average Bonchev–Trinajstić information content (AvgIpc) is 3.08. The van der Waals surface area contributed by atoms with Crippen LogP contribution in [0.1, 0.15) is 23.7 Å². The van der Waals surface area contributed by atoms with Crippen LogP contribution in [-0.2, 0) is 14.3 Å². The minimum Gasteiger partial charge on any atom is -0.462 e. The average molecular weight is 409 g/mol. The fourth-order valence-corrected chi connectivity index (χ4v) is 3.82. The lowest BCUT2D eigenvalue weighted by molar-refractivity contribution is -0.123. The second-order valence-corrected chi connectivity index (χ2v) is 7.13. The van der Waals surface area contributed by atoms with Crippen LogP contribution in [0.25, 0.3) is 0 Å². The Kier molecular flexibility index (Phi) is 5.71. The Hall–Kier alpha value is -3.33. The Labute approximate surface area is 174 Å². The fraction of sp³-hybridized carbons (Fsp3) is 0.381. The number of carbonyl (C=O) groups excluding carboxylic acids is 3. The molecule has 2 saturated heterocycles. The molecule has 9 heteroatoms. The molecule has 30 heavy (non-hydrogen) atoms. The van der Waals surface area contributed by atoms with Gasteiger partial charge >= 0.3 is 5.97 Å². The summed E-state index contributed by atoms with van der Waals surface area (Å²) >= 11 is 0. The van der Waals surface area contributed by atoms with Crippen molar-refractivity contribution in [2.45, 2.75) is 19.4 Å². The van der Waals surface area contributed by atoms with Gasteiger partial charge in [0.15, 0.2) is 0 Å². The van der Waals surface area contributed by atoms with Gasteiger partial charge in [-0.1, -0.05) is 0 Å². The summed E-state index contributed by atoms with van der Waals surface area (Å²) in [5.74, 6) is -0.216. The molecule has 1 aromatic heterocycles. The quantitative estimate of drug-likeness (QED) is 0.535. The van der Waals surface area contributed by atoms with Crippen LogP contribution in [0.2, 0.25) is 0 Å². The first-order valence-electron chi connectivity index (χ1n) is 9.98. The zero-order valence-corrected chi connectivity index (χ0v) is 16.7. The number of benzene rings is 1. The first-order valence-corrected chi connectivity index (χ1v) is 9.98. The molecule has 9 nitrogen and oxygen atoms in total. The lowest BCUT2D eigenvalue weighted by Crippen LogP contribution is -2.53. The summed E-state index contributed by atoms with van der Waals surface area (Å²) in [6, 6.07) is 7.65. The van der Waals surface area contributed by atoms with Crippen molar-refractivity contribution in [2.75, 3.05) is 42.6 Å². The molecule has 3 heterocycles. The number of amides is 2. The van der Waals surface area contributed by atoms with Crippen LogP contribution in [0.4, 0.5) is 11.6 Å². The Morgan fingerprint density at radius 1 is 1.07 bits per heavy atom. The fourth-order valence-electron chi connectivity index (χ4n) is 3.82. The molecule has 2 amide bonds. The summed E-state index contributed by atoms with van der Waals surface area (Å²) < 4.78 is 4.97. The number of anilines is 2. The van der Waals surface area contributed by atoms with E-state index in [1.165, 1.54) is 4.90 Å². The first kappa shape index (κ1) is 20.0. The maximum atomic E-state index is 13.0. The molecule has 0 aliphatic carbocycles. The van der Waals surface area contributed by atoms with E-state index in [2.05, 4.69) is 14.9 Å². The summed E-state index contributed by atoms with van der Waals surface area (Å²) in [4.78, 5) is 51.3. The number of imide groups is 1. The monoisotopic (exact) mass is 409 g/mol. The van der Waals surface area contributed by atoms with Crippen molar-refractivity contribution in [3.05, 3.63) is 48.3 Å². The van der Waals surface area contributed by atoms with Crippen molar-refractivity contribution in [3.8, 4) is 0 Å². The molecule has 1 atom stereocenters. The van der Waals surface area contributed by atoms with Crippen molar-refractivity contribution in [1.29, 1.82) is 0 Å². The van der Waals surface area contributed by atoms with Crippen molar-refractivity contribution >= 4 is 29.4 Å².